The van der Waals surface area contributed by atoms with Crippen molar-refractivity contribution < 1.29 is 5.11 Å². The van der Waals surface area contributed by atoms with E-state index in [9.17, 15) is 5.11 Å². The van der Waals surface area contributed by atoms with Gasteiger partial charge in [0.05, 0.1) is 4.88 Å². The Kier molecular flexibility index (Phi) is 4.15. The van der Waals surface area contributed by atoms with Crippen LogP contribution in [0, 0.1) is 6.92 Å². The average Bonchev–Trinajstić information content (AvgIpc) is 3.21. The van der Waals surface area contributed by atoms with Gasteiger partial charge in [0.15, 0.2) is 0 Å². The van der Waals surface area contributed by atoms with Crippen LogP contribution in [0.3, 0.4) is 0 Å². The summed E-state index contributed by atoms with van der Waals surface area (Å²) in [5.74, 6) is 0. The Bertz CT molecular complexity index is 933. The lowest BCUT2D eigenvalue weighted by Crippen LogP contribution is -1.93. The number of aryl methyl sites for hydroxylation is 1. The predicted octanol–water partition coefficient (Wildman–Crippen LogP) is 6.84. The smallest absolute Gasteiger partial charge is 0.124 e. The second kappa shape index (κ2) is 6.15. The quantitative estimate of drug-likeness (QED) is 0.384. The molecule has 1 aromatic carbocycles. The van der Waals surface area contributed by atoms with E-state index >= 15 is 0 Å². The zero-order valence-corrected chi connectivity index (χ0v) is 16.3. The van der Waals surface area contributed by atoms with Crippen molar-refractivity contribution in [2.45, 2.75) is 13.0 Å². The highest BCUT2D eigenvalue weighted by Gasteiger charge is 2.20. The molecule has 0 spiro atoms. The zero-order valence-electron chi connectivity index (χ0n) is 12.2. The summed E-state index contributed by atoms with van der Waals surface area (Å²) in [5, 5.41) is 12.9. The van der Waals surface area contributed by atoms with Gasteiger partial charge in [-0.1, -0.05) is 29.8 Å². The summed E-state index contributed by atoms with van der Waals surface area (Å²) < 4.78 is 3.47. The molecular weight excluding hydrogens is 408 g/mol. The van der Waals surface area contributed by atoms with Gasteiger partial charge in [-0.25, -0.2) is 0 Å². The first kappa shape index (κ1) is 15.5. The van der Waals surface area contributed by atoms with Crippen molar-refractivity contribution in [3.8, 4) is 10.4 Å². The number of halogens is 1. The molecule has 0 fully saturated rings. The van der Waals surface area contributed by atoms with Gasteiger partial charge in [0.1, 0.15) is 6.10 Å². The Morgan fingerprint density at radius 3 is 2.52 bits per heavy atom. The Balaban J connectivity index is 1.71. The van der Waals surface area contributed by atoms with Crippen LogP contribution in [0.25, 0.3) is 19.8 Å². The third-order valence-electron chi connectivity index (χ3n) is 3.73. The number of hydrogen-bond acceptors (Lipinski definition) is 4. The molecule has 23 heavy (non-hydrogen) atoms. The molecule has 0 saturated carbocycles. The minimum atomic E-state index is -0.571. The van der Waals surface area contributed by atoms with Crippen LogP contribution >= 0.6 is 49.9 Å². The van der Waals surface area contributed by atoms with Gasteiger partial charge in [0, 0.05) is 23.6 Å². The molecule has 1 unspecified atom stereocenters. The van der Waals surface area contributed by atoms with Crippen LogP contribution in [-0.4, -0.2) is 5.11 Å². The van der Waals surface area contributed by atoms with Gasteiger partial charge in [0.2, 0.25) is 0 Å². The molecule has 3 aromatic heterocycles. The van der Waals surface area contributed by atoms with Gasteiger partial charge in [-0.05, 0) is 52.0 Å². The third kappa shape index (κ3) is 2.92. The van der Waals surface area contributed by atoms with E-state index in [0.717, 1.165) is 14.2 Å². The molecule has 0 bridgehead atoms. The second-order valence-electron chi connectivity index (χ2n) is 5.39. The van der Waals surface area contributed by atoms with E-state index in [-0.39, 0.29) is 0 Å². The molecule has 4 rings (SSSR count). The fourth-order valence-corrected chi connectivity index (χ4v) is 6.57. The van der Waals surface area contributed by atoms with Gasteiger partial charge >= 0.3 is 0 Å². The molecule has 1 nitrogen and oxygen atoms in total. The predicted molar refractivity (Wildman–Crippen MR) is 106 cm³/mol. The van der Waals surface area contributed by atoms with Crippen molar-refractivity contribution in [2.24, 2.45) is 0 Å². The Labute approximate surface area is 155 Å². The highest BCUT2D eigenvalue weighted by Crippen LogP contribution is 2.43. The second-order valence-corrected chi connectivity index (χ2v) is 9.39. The highest BCUT2D eigenvalue weighted by atomic mass is 79.9. The maximum Gasteiger partial charge on any atom is 0.124 e. The first-order valence-electron chi connectivity index (χ1n) is 7.13. The van der Waals surface area contributed by atoms with E-state index in [4.69, 9.17) is 0 Å². The number of aliphatic hydroxyl groups excluding tert-OH is 1. The molecule has 0 saturated heterocycles. The lowest BCUT2D eigenvalue weighted by Gasteiger charge is -2.06. The SMILES string of the molecule is Cc1ccc(-c2cc(Br)c(C(O)c3cc4sccc4s3)s2)cc1. The van der Waals surface area contributed by atoms with Gasteiger partial charge in [0.25, 0.3) is 0 Å². The third-order valence-corrected chi connectivity index (χ3v) is 8.03. The number of aliphatic hydroxyl groups is 1. The van der Waals surface area contributed by atoms with E-state index in [1.807, 2.05) is 0 Å². The van der Waals surface area contributed by atoms with E-state index < -0.39 is 6.10 Å². The Morgan fingerprint density at radius 2 is 1.78 bits per heavy atom. The summed E-state index contributed by atoms with van der Waals surface area (Å²) in [7, 11) is 0. The summed E-state index contributed by atoms with van der Waals surface area (Å²) >= 11 is 8.65. The normalized spacial score (nSPS) is 12.8. The molecule has 0 aliphatic carbocycles. The van der Waals surface area contributed by atoms with E-state index in [1.54, 1.807) is 34.0 Å². The number of rotatable bonds is 3. The Morgan fingerprint density at radius 1 is 1.00 bits per heavy atom. The molecule has 5 heteroatoms. The van der Waals surface area contributed by atoms with Crippen LogP contribution < -0.4 is 0 Å². The fraction of sp³-hybridized carbons (Fsp3) is 0.111. The Hall–Kier alpha value is -0.980. The first-order chi connectivity index (χ1) is 11.1. The lowest BCUT2D eigenvalue weighted by atomic mass is 10.1. The van der Waals surface area contributed by atoms with Crippen LogP contribution in [-0.2, 0) is 0 Å². The van der Waals surface area contributed by atoms with Crippen LogP contribution in [0.2, 0.25) is 0 Å². The molecule has 0 aliphatic rings. The fourth-order valence-electron chi connectivity index (χ4n) is 2.48. The zero-order chi connectivity index (χ0) is 16.0. The molecular formula is C18H13BrOS3. The van der Waals surface area contributed by atoms with Crippen LogP contribution in [0.15, 0.2) is 52.3 Å². The minimum absolute atomic E-state index is 0.571. The largest absolute Gasteiger partial charge is 0.382 e. The topological polar surface area (TPSA) is 20.2 Å². The number of fused-ring (bicyclic) bond motifs is 1. The summed E-state index contributed by atoms with van der Waals surface area (Å²) in [5.41, 5.74) is 2.44. The van der Waals surface area contributed by atoms with Crippen molar-refractivity contribution in [3.05, 3.63) is 67.6 Å². The molecule has 3 heterocycles. The number of hydrogen-bond donors (Lipinski definition) is 1. The van der Waals surface area contributed by atoms with Crippen molar-refractivity contribution in [1.29, 1.82) is 0 Å². The molecule has 1 atom stereocenters. The number of thiophene rings is 3. The molecule has 0 amide bonds. The molecule has 1 N–H and O–H groups in total. The molecule has 4 aromatic rings. The van der Waals surface area contributed by atoms with E-state index in [2.05, 4.69) is 70.7 Å². The van der Waals surface area contributed by atoms with Crippen LogP contribution in [0.1, 0.15) is 21.4 Å². The van der Waals surface area contributed by atoms with Crippen molar-refractivity contribution in [2.75, 3.05) is 0 Å². The maximum absolute atomic E-state index is 10.8. The van der Waals surface area contributed by atoms with Crippen molar-refractivity contribution in [1.82, 2.24) is 0 Å². The van der Waals surface area contributed by atoms with Gasteiger partial charge < -0.3 is 5.11 Å². The number of benzene rings is 1. The molecule has 0 radical (unpaired) electrons. The summed E-state index contributed by atoms with van der Waals surface area (Å²) in [6.45, 7) is 2.09. The average molecular weight is 421 g/mol. The van der Waals surface area contributed by atoms with Crippen molar-refractivity contribution >= 4 is 59.3 Å². The molecule has 0 aliphatic heterocycles. The first-order valence-corrected chi connectivity index (χ1v) is 10.4. The van der Waals surface area contributed by atoms with E-state index in [0.29, 0.717) is 0 Å². The van der Waals surface area contributed by atoms with Gasteiger partial charge in [-0.15, -0.1) is 34.0 Å². The molecule has 116 valence electrons. The maximum atomic E-state index is 10.8. The van der Waals surface area contributed by atoms with Crippen LogP contribution in [0.4, 0.5) is 0 Å². The van der Waals surface area contributed by atoms with E-state index in [1.165, 1.54) is 25.4 Å². The lowest BCUT2D eigenvalue weighted by molar-refractivity contribution is 0.227. The monoisotopic (exact) mass is 420 g/mol. The van der Waals surface area contributed by atoms with Gasteiger partial charge in [-0.3, -0.25) is 0 Å². The van der Waals surface area contributed by atoms with Crippen molar-refractivity contribution in [3.63, 3.8) is 0 Å². The summed E-state index contributed by atoms with van der Waals surface area (Å²) in [4.78, 5) is 3.14. The summed E-state index contributed by atoms with van der Waals surface area (Å²) in [6, 6.07) is 14.8. The van der Waals surface area contributed by atoms with Crippen LogP contribution in [0.5, 0.6) is 0 Å². The van der Waals surface area contributed by atoms with Gasteiger partial charge in [-0.2, -0.15) is 0 Å². The summed E-state index contributed by atoms with van der Waals surface area (Å²) in [6.07, 6.45) is -0.571. The highest BCUT2D eigenvalue weighted by molar-refractivity contribution is 9.10. The standard InChI is InChI=1S/C18H13BrOS3/c1-10-2-4-11(5-3-10)14-8-12(19)18(23-14)17(20)16-9-15-13(22-16)6-7-21-15/h2-9,17,20H,1H3. The minimum Gasteiger partial charge on any atom is -0.382 e.